The summed E-state index contributed by atoms with van der Waals surface area (Å²) < 4.78 is 7.20. The first-order valence-electron chi connectivity index (χ1n) is 17.9. The lowest BCUT2D eigenvalue weighted by molar-refractivity contribution is -0.133. The monoisotopic (exact) mass is 751 g/mol. The second-order valence-corrected chi connectivity index (χ2v) is 14.9. The molecular weight excluding hydrogens is 713 g/mol. The van der Waals surface area contributed by atoms with Crippen molar-refractivity contribution in [3.8, 4) is 39.4 Å². The number of hydrogen-bond donors (Lipinski definition) is 4. The fourth-order valence-electron chi connectivity index (χ4n) is 7.83. The van der Waals surface area contributed by atoms with Crippen LogP contribution in [0, 0.1) is 5.41 Å². The van der Waals surface area contributed by atoms with Gasteiger partial charge in [-0.15, -0.1) is 0 Å². The summed E-state index contributed by atoms with van der Waals surface area (Å²) in [5, 5.41) is 13.7. The molecule has 4 N–H and O–H groups in total. The molecule has 13 heteroatoms. The Kier molecular flexibility index (Phi) is 9.67. The van der Waals surface area contributed by atoms with Crippen molar-refractivity contribution < 1.29 is 14.3 Å². The molecule has 3 aliphatic rings. The fourth-order valence-corrected chi connectivity index (χ4v) is 8.49. The predicted molar refractivity (Wildman–Crippen MR) is 205 cm³/mol. The van der Waals surface area contributed by atoms with E-state index in [4.69, 9.17) is 32.9 Å². The molecule has 2 aromatic carbocycles. The molecule has 3 aromatic heterocycles. The number of nitrogens with zero attached hydrogens (tertiary/aromatic N) is 3. The van der Waals surface area contributed by atoms with Crippen LogP contribution >= 0.6 is 23.2 Å². The molecule has 0 radical (unpaired) electrons. The van der Waals surface area contributed by atoms with E-state index in [9.17, 15) is 14.4 Å². The van der Waals surface area contributed by atoms with E-state index in [1.807, 2.05) is 60.7 Å². The van der Waals surface area contributed by atoms with Gasteiger partial charge in [0.2, 0.25) is 17.7 Å². The number of pyridine rings is 2. The molecule has 272 valence electrons. The summed E-state index contributed by atoms with van der Waals surface area (Å²) in [6.45, 7) is 2.34. The molecule has 0 unspecified atom stereocenters. The summed E-state index contributed by atoms with van der Waals surface area (Å²) in [6.07, 6.45) is 7.21. The molecule has 2 aliphatic heterocycles. The van der Waals surface area contributed by atoms with E-state index in [0.29, 0.717) is 58.9 Å². The minimum Gasteiger partial charge on any atom is -0.481 e. The van der Waals surface area contributed by atoms with Gasteiger partial charge in [-0.3, -0.25) is 18.8 Å². The van der Waals surface area contributed by atoms with Crippen LogP contribution in [0.5, 0.6) is 5.88 Å². The highest BCUT2D eigenvalue weighted by Crippen LogP contribution is 2.46. The molecule has 11 nitrogen and oxygen atoms in total. The van der Waals surface area contributed by atoms with E-state index in [1.165, 1.54) is 0 Å². The third-order valence-corrected chi connectivity index (χ3v) is 11.6. The van der Waals surface area contributed by atoms with Crippen LogP contribution in [0.15, 0.2) is 77.9 Å². The molecule has 1 atom stereocenters. The number of carbonyl (C=O) groups is 2. The predicted octanol–water partition coefficient (Wildman–Crippen LogP) is 5.53. The van der Waals surface area contributed by atoms with Gasteiger partial charge in [0.1, 0.15) is 5.65 Å². The van der Waals surface area contributed by atoms with E-state index in [2.05, 4.69) is 26.3 Å². The number of fused-ring (bicyclic) bond motifs is 1. The average molecular weight is 753 g/mol. The number of carbonyl (C=O) groups excluding carboxylic acids is 2. The van der Waals surface area contributed by atoms with Crippen LogP contribution < -0.4 is 31.6 Å². The normalized spacial score (nSPS) is 20.8. The molecule has 5 aromatic rings. The second kappa shape index (κ2) is 14.5. The summed E-state index contributed by atoms with van der Waals surface area (Å²) in [6, 6.07) is 19.5. The molecule has 0 bridgehead atoms. The second-order valence-electron chi connectivity index (χ2n) is 14.1. The number of amides is 2. The summed E-state index contributed by atoms with van der Waals surface area (Å²) >= 11 is 14.2. The van der Waals surface area contributed by atoms with Crippen molar-refractivity contribution in [3.63, 3.8) is 0 Å². The lowest BCUT2D eigenvalue weighted by atomic mass is 9.64. The SMILES string of the molecule is COc1nc(-c2cccc(-c3cccc(-c4ccn5c(=O)c(CNC6CC7(CCNC7=O)C6)cnc5c4)c3Cl)c2Cl)ccc1CNC[C@@H]1CCC(=O)N1. The highest BCUT2D eigenvalue weighted by molar-refractivity contribution is 6.39. The topological polar surface area (TPSA) is 139 Å². The van der Waals surface area contributed by atoms with E-state index in [1.54, 1.807) is 23.9 Å². The van der Waals surface area contributed by atoms with E-state index in [0.717, 1.165) is 65.6 Å². The van der Waals surface area contributed by atoms with E-state index >= 15 is 0 Å². The lowest BCUT2D eigenvalue weighted by Crippen LogP contribution is -2.52. The molecule has 1 aliphatic carbocycles. The number of ether oxygens (including phenoxy) is 1. The minimum absolute atomic E-state index is 0.0929. The smallest absolute Gasteiger partial charge is 0.262 e. The molecule has 1 saturated carbocycles. The maximum absolute atomic E-state index is 13.4. The fraction of sp³-hybridized carbons (Fsp3) is 0.325. The van der Waals surface area contributed by atoms with Gasteiger partial charge in [-0.25, -0.2) is 9.97 Å². The van der Waals surface area contributed by atoms with Gasteiger partial charge in [0.25, 0.3) is 5.56 Å². The highest BCUT2D eigenvalue weighted by Gasteiger charge is 2.52. The Hall–Kier alpha value is -4.81. The largest absolute Gasteiger partial charge is 0.481 e. The Morgan fingerprint density at radius 1 is 0.943 bits per heavy atom. The molecule has 1 spiro atoms. The molecule has 2 saturated heterocycles. The van der Waals surface area contributed by atoms with Crippen LogP contribution in [-0.2, 0) is 22.7 Å². The van der Waals surface area contributed by atoms with Gasteiger partial charge in [-0.05, 0) is 49.4 Å². The number of hydrogen-bond acceptors (Lipinski definition) is 8. The third-order valence-electron chi connectivity index (χ3n) is 10.8. The molecule has 5 heterocycles. The van der Waals surface area contributed by atoms with Crippen molar-refractivity contribution in [2.45, 2.75) is 57.3 Å². The first-order valence-corrected chi connectivity index (χ1v) is 18.6. The number of benzene rings is 2. The Bertz CT molecular complexity index is 2310. The summed E-state index contributed by atoms with van der Waals surface area (Å²) in [4.78, 5) is 46.5. The number of nitrogens with one attached hydrogen (secondary N) is 4. The van der Waals surface area contributed by atoms with Gasteiger partial charge in [0.15, 0.2) is 0 Å². The van der Waals surface area contributed by atoms with Gasteiger partial charge in [-0.1, -0.05) is 65.7 Å². The Labute approximate surface area is 316 Å². The number of halogens is 2. The van der Waals surface area contributed by atoms with Crippen molar-refractivity contribution in [1.82, 2.24) is 35.6 Å². The van der Waals surface area contributed by atoms with Crippen LogP contribution in [0.1, 0.15) is 43.2 Å². The molecular formula is C40H39Cl2N7O4. The zero-order valence-corrected chi connectivity index (χ0v) is 30.7. The number of rotatable bonds is 11. The van der Waals surface area contributed by atoms with Crippen molar-refractivity contribution in [3.05, 3.63) is 105 Å². The average Bonchev–Trinajstić information content (AvgIpc) is 3.75. The Morgan fingerprint density at radius 3 is 2.42 bits per heavy atom. The zero-order chi connectivity index (χ0) is 36.7. The molecule has 53 heavy (non-hydrogen) atoms. The third kappa shape index (κ3) is 6.78. The van der Waals surface area contributed by atoms with Gasteiger partial charge in [0.05, 0.1) is 33.8 Å². The molecule has 2 amide bonds. The maximum Gasteiger partial charge on any atom is 0.262 e. The van der Waals surface area contributed by atoms with Crippen LogP contribution in [0.25, 0.3) is 39.2 Å². The van der Waals surface area contributed by atoms with E-state index < -0.39 is 0 Å². The molecule has 8 rings (SSSR count). The lowest BCUT2D eigenvalue weighted by Gasteiger charge is -2.43. The Balaban J connectivity index is 0.998. The van der Waals surface area contributed by atoms with Crippen LogP contribution in [-0.4, -0.2) is 58.5 Å². The summed E-state index contributed by atoms with van der Waals surface area (Å²) in [5.41, 5.74) is 6.07. The van der Waals surface area contributed by atoms with Gasteiger partial charge < -0.3 is 26.0 Å². The zero-order valence-electron chi connectivity index (χ0n) is 29.2. The quantitative estimate of drug-likeness (QED) is 0.138. The van der Waals surface area contributed by atoms with Gasteiger partial charge >= 0.3 is 0 Å². The first kappa shape index (κ1) is 35.2. The van der Waals surface area contributed by atoms with Crippen molar-refractivity contribution >= 4 is 40.7 Å². The minimum atomic E-state index is -0.231. The number of methoxy groups -OCH3 is 1. The van der Waals surface area contributed by atoms with Crippen molar-refractivity contribution in [2.24, 2.45) is 5.41 Å². The highest BCUT2D eigenvalue weighted by atomic mass is 35.5. The van der Waals surface area contributed by atoms with Crippen LogP contribution in [0.2, 0.25) is 10.0 Å². The summed E-state index contributed by atoms with van der Waals surface area (Å²) in [7, 11) is 1.59. The summed E-state index contributed by atoms with van der Waals surface area (Å²) in [5.74, 6) is 0.736. The molecule has 3 fully saturated rings. The standard InChI is InChI=1S/C40H39Cl2N7O4/c1-53-37-24(19-43-22-26-9-11-34(50)47-26)8-10-32(48-37)31-7-3-6-30(36(31)42)29-5-2-4-28(35(29)41)23-12-15-49-33(16-23)46-21-25(38(49)51)20-45-27-17-40(18-27)13-14-44-39(40)52/h2-8,10,12,15-16,21,26-27,43,45H,9,11,13-14,17-20,22H2,1H3,(H,44,52)(H,47,50)/t26-,27?,40?/m0/s1. The van der Waals surface area contributed by atoms with Gasteiger partial charge in [-0.2, -0.15) is 0 Å². The van der Waals surface area contributed by atoms with Crippen LogP contribution in [0.4, 0.5) is 0 Å². The van der Waals surface area contributed by atoms with Crippen molar-refractivity contribution in [1.29, 1.82) is 0 Å². The first-order chi connectivity index (χ1) is 25.7. The van der Waals surface area contributed by atoms with Gasteiger partial charge in [0, 0.05) is 84.9 Å². The van der Waals surface area contributed by atoms with Crippen LogP contribution in [0.3, 0.4) is 0 Å². The maximum atomic E-state index is 13.4. The number of aromatic nitrogens is 3. The Morgan fingerprint density at radius 2 is 1.70 bits per heavy atom. The van der Waals surface area contributed by atoms with Crippen molar-refractivity contribution in [2.75, 3.05) is 20.2 Å². The van der Waals surface area contributed by atoms with E-state index in [-0.39, 0.29) is 34.9 Å².